The van der Waals surface area contributed by atoms with Crippen LogP contribution in [0.3, 0.4) is 0 Å². The number of benzene rings is 1. The lowest BCUT2D eigenvalue weighted by molar-refractivity contribution is 0.0691. The first-order valence-corrected chi connectivity index (χ1v) is 7.19. The molecule has 7 heteroatoms. The Morgan fingerprint density at radius 2 is 2.30 bits per heavy atom. The fourth-order valence-electron chi connectivity index (χ4n) is 1.76. The van der Waals surface area contributed by atoms with Gasteiger partial charge in [-0.1, -0.05) is 5.16 Å². The van der Waals surface area contributed by atoms with Crippen LogP contribution >= 0.6 is 22.6 Å². The van der Waals surface area contributed by atoms with Crippen LogP contribution in [0.1, 0.15) is 40.8 Å². The van der Waals surface area contributed by atoms with E-state index in [1.54, 1.807) is 18.2 Å². The van der Waals surface area contributed by atoms with Crippen molar-refractivity contribution in [2.75, 3.05) is 0 Å². The molecular weight excluding hydrogens is 375 g/mol. The summed E-state index contributed by atoms with van der Waals surface area (Å²) >= 11 is 2.05. The minimum atomic E-state index is -1.02. The Balaban J connectivity index is 1.72. The Morgan fingerprint density at radius 1 is 1.50 bits per heavy atom. The quantitative estimate of drug-likeness (QED) is 0.796. The molecule has 1 N–H and O–H groups in total. The Morgan fingerprint density at radius 3 is 3.00 bits per heavy atom. The summed E-state index contributed by atoms with van der Waals surface area (Å²) in [5.41, 5.74) is 0.128. The summed E-state index contributed by atoms with van der Waals surface area (Å²) in [4.78, 5) is 15.4. The SMILES string of the molecule is O=C(O)c1cc(I)ccc1OCc1noc(C2CC2)n1. The lowest BCUT2D eigenvalue weighted by atomic mass is 10.2. The summed E-state index contributed by atoms with van der Waals surface area (Å²) in [6, 6.07) is 4.98. The summed E-state index contributed by atoms with van der Waals surface area (Å²) in [7, 11) is 0. The monoisotopic (exact) mass is 386 g/mol. The Hall–Kier alpha value is -1.64. The minimum Gasteiger partial charge on any atom is -0.485 e. The third-order valence-corrected chi connectivity index (χ3v) is 3.61. The highest BCUT2D eigenvalue weighted by molar-refractivity contribution is 14.1. The topological polar surface area (TPSA) is 85.5 Å². The van der Waals surface area contributed by atoms with Crippen LogP contribution in [-0.4, -0.2) is 21.2 Å². The number of nitrogens with zero attached hydrogens (tertiary/aromatic N) is 2. The molecule has 0 unspecified atom stereocenters. The standard InChI is InChI=1S/C13H11IN2O4/c14-8-3-4-10(9(5-8)13(17)18)19-6-11-15-12(20-16-11)7-1-2-7/h3-5,7H,1-2,6H2,(H,17,18). The van der Waals surface area contributed by atoms with Gasteiger partial charge in [0.05, 0.1) is 0 Å². The number of carbonyl (C=O) groups is 1. The van der Waals surface area contributed by atoms with Crippen molar-refractivity contribution in [3.8, 4) is 5.75 Å². The lowest BCUT2D eigenvalue weighted by Crippen LogP contribution is -2.04. The van der Waals surface area contributed by atoms with Gasteiger partial charge in [0.1, 0.15) is 11.3 Å². The molecule has 0 bridgehead atoms. The second kappa shape index (κ2) is 5.39. The second-order valence-electron chi connectivity index (χ2n) is 4.56. The molecule has 1 aromatic heterocycles. The number of carboxylic acid groups (broad SMARTS) is 1. The van der Waals surface area contributed by atoms with Gasteiger partial charge in [-0.3, -0.25) is 0 Å². The van der Waals surface area contributed by atoms with Gasteiger partial charge >= 0.3 is 5.97 Å². The Bertz CT molecular complexity index is 652. The van der Waals surface area contributed by atoms with Crippen LogP contribution in [0.4, 0.5) is 0 Å². The molecule has 1 saturated carbocycles. The normalized spacial score (nSPS) is 14.2. The molecule has 1 aliphatic rings. The van der Waals surface area contributed by atoms with Crippen LogP contribution in [0.25, 0.3) is 0 Å². The summed E-state index contributed by atoms with van der Waals surface area (Å²) in [6.45, 7) is 0.0943. The maximum atomic E-state index is 11.2. The van der Waals surface area contributed by atoms with E-state index in [2.05, 4.69) is 32.7 Å². The average Bonchev–Trinajstić information content (AvgIpc) is 3.17. The van der Waals surface area contributed by atoms with E-state index >= 15 is 0 Å². The Kier molecular flexibility index (Phi) is 3.60. The minimum absolute atomic E-state index is 0.0943. The number of ether oxygens (including phenoxy) is 1. The van der Waals surface area contributed by atoms with Gasteiger partial charge in [-0.2, -0.15) is 4.98 Å². The molecule has 1 aliphatic carbocycles. The number of aromatic carboxylic acids is 1. The molecule has 0 spiro atoms. The number of aromatic nitrogens is 2. The zero-order valence-corrected chi connectivity index (χ0v) is 12.5. The third-order valence-electron chi connectivity index (χ3n) is 2.94. The van der Waals surface area contributed by atoms with Crippen molar-refractivity contribution in [3.63, 3.8) is 0 Å². The summed E-state index contributed by atoms with van der Waals surface area (Å²) < 4.78 is 11.4. The highest BCUT2D eigenvalue weighted by Gasteiger charge is 2.29. The molecule has 0 radical (unpaired) electrons. The lowest BCUT2D eigenvalue weighted by Gasteiger charge is -2.07. The van der Waals surface area contributed by atoms with Crippen molar-refractivity contribution >= 4 is 28.6 Å². The van der Waals surface area contributed by atoms with Gasteiger partial charge in [0.15, 0.2) is 6.61 Å². The fourth-order valence-corrected chi connectivity index (χ4v) is 2.25. The molecular formula is C13H11IN2O4. The largest absolute Gasteiger partial charge is 0.485 e. The predicted molar refractivity (Wildman–Crippen MR) is 76.7 cm³/mol. The van der Waals surface area contributed by atoms with Gasteiger partial charge in [-0.15, -0.1) is 0 Å². The molecule has 0 aliphatic heterocycles. The molecule has 1 fully saturated rings. The molecule has 104 valence electrons. The number of hydrogen-bond donors (Lipinski definition) is 1. The van der Waals surface area contributed by atoms with Crippen LogP contribution in [0.15, 0.2) is 22.7 Å². The maximum Gasteiger partial charge on any atom is 0.339 e. The Labute approximate surface area is 128 Å². The summed E-state index contributed by atoms with van der Waals surface area (Å²) in [6.07, 6.45) is 2.17. The van der Waals surface area contributed by atoms with Crippen LogP contribution in [0.5, 0.6) is 5.75 Å². The van der Waals surface area contributed by atoms with Crippen molar-refractivity contribution in [2.45, 2.75) is 25.4 Å². The zero-order valence-electron chi connectivity index (χ0n) is 10.4. The van der Waals surface area contributed by atoms with Gasteiger partial charge in [0, 0.05) is 9.49 Å². The number of rotatable bonds is 5. The molecule has 6 nitrogen and oxygen atoms in total. The van der Waals surface area contributed by atoms with Crippen LogP contribution in [-0.2, 0) is 6.61 Å². The molecule has 20 heavy (non-hydrogen) atoms. The fraction of sp³-hybridized carbons (Fsp3) is 0.308. The van der Waals surface area contributed by atoms with E-state index < -0.39 is 5.97 Å². The summed E-state index contributed by atoms with van der Waals surface area (Å²) in [5.74, 6) is 0.747. The van der Waals surface area contributed by atoms with Crippen molar-refractivity contribution in [2.24, 2.45) is 0 Å². The molecule has 0 amide bonds. The van der Waals surface area contributed by atoms with E-state index in [4.69, 9.17) is 14.4 Å². The van der Waals surface area contributed by atoms with Crippen LogP contribution in [0.2, 0.25) is 0 Å². The molecule has 3 rings (SSSR count). The number of carboxylic acids is 1. The van der Waals surface area contributed by atoms with Gasteiger partial charge in [-0.25, -0.2) is 4.79 Å². The highest BCUT2D eigenvalue weighted by Crippen LogP contribution is 2.38. The third kappa shape index (κ3) is 2.92. The molecule has 1 heterocycles. The van der Waals surface area contributed by atoms with Gasteiger partial charge in [-0.05, 0) is 53.6 Å². The average molecular weight is 386 g/mol. The van der Waals surface area contributed by atoms with Crippen LogP contribution < -0.4 is 4.74 Å². The zero-order chi connectivity index (χ0) is 14.1. The first-order valence-electron chi connectivity index (χ1n) is 6.11. The van der Waals surface area contributed by atoms with E-state index in [0.29, 0.717) is 23.4 Å². The van der Waals surface area contributed by atoms with Crippen molar-refractivity contribution in [1.82, 2.24) is 10.1 Å². The van der Waals surface area contributed by atoms with E-state index in [1.165, 1.54) is 0 Å². The number of hydrogen-bond acceptors (Lipinski definition) is 5. The maximum absolute atomic E-state index is 11.2. The first-order chi connectivity index (χ1) is 9.63. The van der Waals surface area contributed by atoms with Crippen molar-refractivity contribution < 1.29 is 19.2 Å². The first kappa shape index (κ1) is 13.3. The molecule has 0 saturated heterocycles. The van der Waals surface area contributed by atoms with Gasteiger partial charge in [0.25, 0.3) is 0 Å². The molecule has 1 aromatic carbocycles. The predicted octanol–water partition coefficient (Wildman–Crippen LogP) is 2.83. The van der Waals surface area contributed by atoms with E-state index in [-0.39, 0.29) is 12.2 Å². The smallest absolute Gasteiger partial charge is 0.339 e. The van der Waals surface area contributed by atoms with Crippen molar-refractivity contribution in [1.29, 1.82) is 0 Å². The van der Waals surface area contributed by atoms with Gasteiger partial charge in [0.2, 0.25) is 11.7 Å². The molecule has 0 atom stereocenters. The van der Waals surface area contributed by atoms with E-state index in [1.807, 2.05) is 0 Å². The van der Waals surface area contributed by atoms with Crippen molar-refractivity contribution in [3.05, 3.63) is 39.0 Å². The number of halogens is 1. The van der Waals surface area contributed by atoms with Gasteiger partial charge < -0.3 is 14.4 Å². The summed E-state index contributed by atoms with van der Waals surface area (Å²) in [5, 5.41) is 13.0. The van der Waals surface area contributed by atoms with E-state index in [9.17, 15) is 4.79 Å². The van der Waals surface area contributed by atoms with Crippen LogP contribution in [0, 0.1) is 3.57 Å². The second-order valence-corrected chi connectivity index (χ2v) is 5.80. The van der Waals surface area contributed by atoms with E-state index in [0.717, 1.165) is 16.4 Å². The highest BCUT2D eigenvalue weighted by atomic mass is 127. The molecule has 2 aromatic rings.